The number of fused-ring (bicyclic) bond motifs is 6. The van der Waals surface area contributed by atoms with E-state index < -0.39 is 6.29 Å². The number of ether oxygens (including phenoxy) is 1. The fourth-order valence-corrected chi connectivity index (χ4v) is 7.99. The van der Waals surface area contributed by atoms with Gasteiger partial charge in [0.2, 0.25) is 0 Å². The van der Waals surface area contributed by atoms with Crippen molar-refractivity contribution >= 4 is 5.78 Å². The second-order valence-electron chi connectivity index (χ2n) is 10.1. The van der Waals surface area contributed by atoms with Gasteiger partial charge in [-0.05, 0) is 86.0 Å². The van der Waals surface area contributed by atoms with Crippen molar-refractivity contribution in [3.63, 3.8) is 0 Å². The highest BCUT2D eigenvalue weighted by molar-refractivity contribution is 5.91. The number of hydrogen-bond acceptors (Lipinski definition) is 3. The highest BCUT2D eigenvalue weighted by atomic mass is 16.6. The van der Waals surface area contributed by atoms with Gasteiger partial charge < -0.3 is 9.84 Å². The molecule has 0 unspecified atom stereocenters. The van der Waals surface area contributed by atoms with Crippen LogP contribution >= 0.6 is 0 Å². The zero-order chi connectivity index (χ0) is 17.4. The Morgan fingerprint density at radius 1 is 1.00 bits per heavy atom. The van der Waals surface area contributed by atoms with E-state index in [-0.39, 0.29) is 16.4 Å². The van der Waals surface area contributed by atoms with Crippen LogP contribution in [0.2, 0.25) is 0 Å². The van der Waals surface area contributed by atoms with Crippen LogP contribution in [0.4, 0.5) is 0 Å². The van der Waals surface area contributed by atoms with Crippen molar-refractivity contribution in [1.29, 1.82) is 0 Å². The molecule has 1 N–H and O–H groups in total. The fourth-order valence-electron chi connectivity index (χ4n) is 7.99. The van der Waals surface area contributed by atoms with E-state index in [4.69, 9.17) is 4.74 Å². The molecule has 0 aromatic rings. The van der Waals surface area contributed by atoms with E-state index in [1.807, 2.05) is 6.08 Å². The molecule has 3 saturated carbocycles. The number of aliphatic hydroxyl groups is 1. The molecule has 1 heterocycles. The van der Waals surface area contributed by atoms with Gasteiger partial charge in [0.25, 0.3) is 0 Å². The molecule has 5 aliphatic rings. The van der Waals surface area contributed by atoms with Gasteiger partial charge in [0.05, 0.1) is 5.60 Å². The molecule has 25 heavy (non-hydrogen) atoms. The van der Waals surface area contributed by atoms with Crippen molar-refractivity contribution in [2.75, 3.05) is 0 Å². The van der Waals surface area contributed by atoms with Crippen LogP contribution in [0.25, 0.3) is 0 Å². The third-order valence-electron chi connectivity index (χ3n) is 9.41. The predicted molar refractivity (Wildman–Crippen MR) is 95.8 cm³/mol. The molecular formula is C22H32O3. The van der Waals surface area contributed by atoms with Crippen molar-refractivity contribution in [2.24, 2.45) is 28.6 Å². The largest absolute Gasteiger partial charge is 0.368 e. The Morgan fingerprint density at radius 2 is 1.76 bits per heavy atom. The van der Waals surface area contributed by atoms with E-state index in [0.717, 1.165) is 56.3 Å². The Morgan fingerprint density at radius 3 is 2.52 bits per heavy atom. The number of carbonyl (C=O) groups excluding carboxylic acids is 1. The summed E-state index contributed by atoms with van der Waals surface area (Å²) in [5, 5.41) is 10.1. The normalized spacial score (nSPS) is 54.8. The van der Waals surface area contributed by atoms with Crippen LogP contribution in [0.1, 0.15) is 78.1 Å². The third-order valence-corrected chi connectivity index (χ3v) is 9.41. The lowest BCUT2D eigenvalue weighted by Crippen LogP contribution is -2.54. The highest BCUT2D eigenvalue weighted by Gasteiger charge is 2.66. The minimum atomic E-state index is -0.545. The van der Waals surface area contributed by atoms with E-state index in [1.54, 1.807) is 0 Å². The molecule has 1 aliphatic heterocycles. The average molecular weight is 344 g/mol. The summed E-state index contributed by atoms with van der Waals surface area (Å²) in [6.07, 6.45) is 12.3. The van der Waals surface area contributed by atoms with Crippen molar-refractivity contribution in [3.8, 4) is 0 Å². The van der Waals surface area contributed by atoms with Gasteiger partial charge in [-0.1, -0.05) is 19.4 Å². The van der Waals surface area contributed by atoms with E-state index in [1.165, 1.54) is 31.3 Å². The van der Waals surface area contributed by atoms with Gasteiger partial charge in [-0.2, -0.15) is 0 Å². The predicted octanol–water partition coefficient (Wildman–Crippen LogP) is 4.39. The van der Waals surface area contributed by atoms with E-state index in [2.05, 4.69) is 13.8 Å². The Balaban J connectivity index is 1.48. The molecule has 0 radical (unpaired) electrons. The van der Waals surface area contributed by atoms with Crippen LogP contribution in [0, 0.1) is 28.6 Å². The molecule has 138 valence electrons. The van der Waals surface area contributed by atoms with Crippen LogP contribution in [0.5, 0.6) is 0 Å². The molecule has 3 nitrogen and oxygen atoms in total. The van der Waals surface area contributed by atoms with Crippen LogP contribution in [-0.4, -0.2) is 22.8 Å². The van der Waals surface area contributed by atoms with Crippen LogP contribution in [-0.2, 0) is 9.53 Å². The minimum absolute atomic E-state index is 0.0679. The summed E-state index contributed by atoms with van der Waals surface area (Å²) in [4.78, 5) is 11.9. The molecular weight excluding hydrogens is 312 g/mol. The molecule has 5 rings (SSSR count). The summed E-state index contributed by atoms with van der Waals surface area (Å²) >= 11 is 0. The molecule has 7 atom stereocenters. The first-order valence-corrected chi connectivity index (χ1v) is 10.5. The van der Waals surface area contributed by atoms with Crippen LogP contribution < -0.4 is 0 Å². The van der Waals surface area contributed by atoms with Crippen LogP contribution in [0.3, 0.4) is 0 Å². The number of rotatable bonds is 0. The summed E-state index contributed by atoms with van der Waals surface area (Å²) in [5.41, 5.74) is 1.87. The Kier molecular flexibility index (Phi) is 3.43. The van der Waals surface area contributed by atoms with Gasteiger partial charge in [-0.3, -0.25) is 4.79 Å². The molecule has 0 amide bonds. The van der Waals surface area contributed by atoms with Gasteiger partial charge in [-0.25, -0.2) is 0 Å². The fraction of sp³-hybridized carbons (Fsp3) is 0.864. The summed E-state index contributed by atoms with van der Waals surface area (Å²) < 4.78 is 6.21. The van der Waals surface area contributed by atoms with Crippen molar-refractivity contribution in [3.05, 3.63) is 11.6 Å². The second-order valence-corrected chi connectivity index (χ2v) is 10.1. The number of carbonyl (C=O) groups is 1. The number of hydrogen-bond donors (Lipinski definition) is 1. The number of aliphatic hydroxyl groups excluding tert-OH is 1. The first-order valence-electron chi connectivity index (χ1n) is 10.5. The maximum atomic E-state index is 11.9. The quantitative estimate of drug-likeness (QED) is 0.709. The lowest BCUT2D eigenvalue weighted by molar-refractivity contribution is -0.195. The Bertz CT molecular complexity index is 639. The SMILES string of the molecule is C[C@]12CCC(=O)C=C1CC[C@@H]1[C@@H]2CC[C@@]2(C)[C@H]1CC[C@@]21CC[C@@H](O)O1. The van der Waals surface area contributed by atoms with Crippen molar-refractivity contribution < 1.29 is 14.6 Å². The molecule has 4 fully saturated rings. The van der Waals surface area contributed by atoms with Crippen molar-refractivity contribution in [2.45, 2.75) is 89.9 Å². The molecule has 0 aromatic heterocycles. The highest BCUT2D eigenvalue weighted by Crippen LogP contribution is 2.69. The molecule has 1 spiro atoms. The molecule has 4 aliphatic carbocycles. The minimum Gasteiger partial charge on any atom is -0.368 e. The van der Waals surface area contributed by atoms with Gasteiger partial charge >= 0.3 is 0 Å². The lowest BCUT2D eigenvalue weighted by atomic mass is 9.46. The van der Waals surface area contributed by atoms with Gasteiger partial charge in [0.15, 0.2) is 12.1 Å². The molecule has 3 heteroatoms. The smallest absolute Gasteiger partial charge is 0.155 e. The summed E-state index contributed by atoms with van der Waals surface area (Å²) in [7, 11) is 0. The second kappa shape index (κ2) is 5.19. The first-order chi connectivity index (χ1) is 11.9. The Labute approximate surface area is 151 Å². The molecule has 0 aromatic carbocycles. The van der Waals surface area contributed by atoms with Gasteiger partial charge in [0.1, 0.15) is 0 Å². The Hall–Kier alpha value is -0.670. The standard InChI is InChI=1S/C22H32O3/c1-20-9-5-15(23)13-14(20)3-4-16-17(20)6-10-21(2)18(16)7-11-22(21)12-8-19(24)25-22/h13,16-19,24H,3-12H2,1-2H3/t16-,17+,18+,19+,20+,21+,22-/m1/s1. The maximum absolute atomic E-state index is 11.9. The summed E-state index contributed by atoms with van der Waals surface area (Å²) in [6, 6.07) is 0. The number of ketones is 1. The van der Waals surface area contributed by atoms with Crippen LogP contribution in [0.15, 0.2) is 11.6 Å². The third kappa shape index (κ3) is 2.03. The van der Waals surface area contributed by atoms with Crippen molar-refractivity contribution in [1.82, 2.24) is 0 Å². The van der Waals surface area contributed by atoms with Gasteiger partial charge in [-0.15, -0.1) is 0 Å². The molecule has 1 saturated heterocycles. The zero-order valence-corrected chi connectivity index (χ0v) is 15.7. The summed E-state index contributed by atoms with van der Waals surface area (Å²) in [5.74, 6) is 2.59. The van der Waals surface area contributed by atoms with E-state index >= 15 is 0 Å². The lowest BCUT2D eigenvalue weighted by Gasteiger charge is -2.59. The topological polar surface area (TPSA) is 46.5 Å². The summed E-state index contributed by atoms with van der Waals surface area (Å²) in [6.45, 7) is 4.92. The van der Waals surface area contributed by atoms with E-state index in [9.17, 15) is 9.90 Å². The zero-order valence-electron chi connectivity index (χ0n) is 15.7. The van der Waals surface area contributed by atoms with Gasteiger partial charge in [0, 0.05) is 12.8 Å². The number of allylic oxidation sites excluding steroid dienone is 1. The molecule has 0 bridgehead atoms. The maximum Gasteiger partial charge on any atom is 0.155 e. The van der Waals surface area contributed by atoms with E-state index in [0.29, 0.717) is 5.78 Å². The monoisotopic (exact) mass is 344 g/mol. The average Bonchev–Trinajstić information content (AvgIpc) is 3.10. The first kappa shape index (κ1) is 16.5.